The summed E-state index contributed by atoms with van der Waals surface area (Å²) < 4.78 is 0. The molecule has 32 heavy (non-hydrogen) atoms. The molecule has 1 aromatic carbocycles. The molecule has 0 N–H and O–H groups in total. The van der Waals surface area contributed by atoms with Crippen LogP contribution >= 0.6 is 0 Å². The standard InChI is InChI=1S/C23H29N5O.CO2/c1-4-18-22(29)26(3)20-14-24-23(25-21(20)28(18)17-7-5-6-8-17)27-12-11-16-13-15(2)9-10-19(16)27;2-1-3/h9-10,13-14,17-18H,4-8,11-12H2,1-3H3;/t18-;/m1./s1. The Labute approximate surface area is 188 Å². The number of anilines is 4. The van der Waals surface area contributed by atoms with E-state index in [1.165, 1.54) is 29.7 Å². The molecule has 1 atom stereocenters. The van der Waals surface area contributed by atoms with Crippen LogP contribution in [0, 0.1) is 6.92 Å². The molecule has 0 radical (unpaired) electrons. The molecule has 1 fully saturated rings. The quantitative estimate of drug-likeness (QED) is 0.730. The van der Waals surface area contributed by atoms with Crippen molar-refractivity contribution in [3.8, 4) is 0 Å². The highest BCUT2D eigenvalue weighted by Gasteiger charge is 2.41. The van der Waals surface area contributed by atoms with E-state index in [0.29, 0.717) is 6.04 Å². The fourth-order valence-electron chi connectivity index (χ4n) is 5.24. The molecule has 0 bridgehead atoms. The molecule has 8 heteroatoms. The predicted octanol–water partition coefficient (Wildman–Crippen LogP) is 3.40. The Kier molecular flexibility index (Phi) is 6.24. The van der Waals surface area contributed by atoms with Gasteiger partial charge in [-0.3, -0.25) is 4.79 Å². The van der Waals surface area contributed by atoms with Gasteiger partial charge in [-0.2, -0.15) is 14.6 Å². The summed E-state index contributed by atoms with van der Waals surface area (Å²) in [4.78, 5) is 45.3. The zero-order valence-electron chi connectivity index (χ0n) is 18.9. The van der Waals surface area contributed by atoms with Gasteiger partial charge in [0.2, 0.25) is 11.9 Å². The summed E-state index contributed by atoms with van der Waals surface area (Å²) in [5.41, 5.74) is 4.68. The zero-order valence-corrected chi connectivity index (χ0v) is 18.9. The lowest BCUT2D eigenvalue weighted by Crippen LogP contribution is -2.55. The van der Waals surface area contributed by atoms with Crippen LogP contribution in [-0.4, -0.2) is 47.7 Å². The number of fused-ring (bicyclic) bond motifs is 2. The van der Waals surface area contributed by atoms with E-state index in [9.17, 15) is 4.79 Å². The summed E-state index contributed by atoms with van der Waals surface area (Å²) in [6.45, 7) is 5.13. The van der Waals surface area contributed by atoms with Crippen LogP contribution in [0.5, 0.6) is 0 Å². The van der Waals surface area contributed by atoms with E-state index in [-0.39, 0.29) is 18.1 Å². The van der Waals surface area contributed by atoms with Gasteiger partial charge in [0.05, 0.1) is 6.20 Å². The minimum absolute atomic E-state index is 0.133. The zero-order chi connectivity index (χ0) is 22.8. The van der Waals surface area contributed by atoms with Crippen LogP contribution in [0.1, 0.15) is 50.2 Å². The first kappa shape index (κ1) is 22.0. The maximum atomic E-state index is 13.0. The molecular formula is C24H29N5O3. The first-order valence-corrected chi connectivity index (χ1v) is 11.3. The second-order valence-electron chi connectivity index (χ2n) is 8.66. The fraction of sp³-hybridized carbons (Fsp3) is 0.500. The average Bonchev–Trinajstić information content (AvgIpc) is 3.46. The molecule has 0 unspecified atom stereocenters. The molecule has 0 spiro atoms. The Balaban J connectivity index is 0.000000775. The van der Waals surface area contributed by atoms with Gasteiger partial charge in [-0.15, -0.1) is 0 Å². The minimum atomic E-state index is -0.133. The third-order valence-electron chi connectivity index (χ3n) is 6.77. The van der Waals surface area contributed by atoms with Gasteiger partial charge >= 0.3 is 6.15 Å². The minimum Gasteiger partial charge on any atom is -0.340 e. The highest BCUT2D eigenvalue weighted by molar-refractivity contribution is 6.04. The number of benzene rings is 1. The van der Waals surface area contributed by atoms with Crippen molar-refractivity contribution in [3.63, 3.8) is 0 Å². The number of carbonyl (C=O) groups excluding carboxylic acids is 3. The molecule has 3 aliphatic rings. The largest absolute Gasteiger partial charge is 0.373 e. The summed E-state index contributed by atoms with van der Waals surface area (Å²) in [5.74, 6) is 1.83. The van der Waals surface area contributed by atoms with Crippen LogP contribution in [0.2, 0.25) is 0 Å². The lowest BCUT2D eigenvalue weighted by molar-refractivity contribution is -0.191. The summed E-state index contributed by atoms with van der Waals surface area (Å²) >= 11 is 0. The van der Waals surface area contributed by atoms with Crippen LogP contribution in [0.25, 0.3) is 0 Å². The fourth-order valence-corrected chi connectivity index (χ4v) is 5.24. The Morgan fingerprint density at radius 3 is 2.56 bits per heavy atom. The van der Waals surface area contributed by atoms with E-state index in [0.717, 1.165) is 49.7 Å². The normalized spacial score (nSPS) is 19.9. The SMILES string of the molecule is CC[C@@H]1C(=O)N(C)c2cnc(N3CCc4cc(C)ccc43)nc2N1C1CCCC1.O=C=O. The molecular weight excluding hydrogens is 406 g/mol. The van der Waals surface area contributed by atoms with Gasteiger partial charge in [-0.1, -0.05) is 37.5 Å². The maximum Gasteiger partial charge on any atom is 0.373 e. The van der Waals surface area contributed by atoms with E-state index >= 15 is 0 Å². The molecule has 1 aromatic heterocycles. The monoisotopic (exact) mass is 435 g/mol. The summed E-state index contributed by atoms with van der Waals surface area (Å²) in [6.07, 6.45) is 8.64. The molecule has 8 nitrogen and oxygen atoms in total. The third-order valence-corrected chi connectivity index (χ3v) is 6.77. The number of aryl methyl sites for hydroxylation is 1. The third kappa shape index (κ3) is 3.75. The Hall–Kier alpha value is -3.25. The smallest absolute Gasteiger partial charge is 0.340 e. The molecule has 1 amide bonds. The molecule has 1 saturated carbocycles. The number of amides is 1. The van der Waals surface area contributed by atoms with Crippen molar-refractivity contribution >= 4 is 35.2 Å². The number of aromatic nitrogens is 2. The van der Waals surface area contributed by atoms with Crippen molar-refractivity contribution in [2.75, 3.05) is 28.3 Å². The number of hydrogen-bond acceptors (Lipinski definition) is 7. The van der Waals surface area contributed by atoms with Crippen LogP contribution in [-0.2, 0) is 20.8 Å². The van der Waals surface area contributed by atoms with Crippen LogP contribution in [0.4, 0.5) is 23.1 Å². The summed E-state index contributed by atoms with van der Waals surface area (Å²) in [6, 6.07) is 6.86. The second kappa shape index (κ2) is 9.09. The van der Waals surface area contributed by atoms with Crippen molar-refractivity contribution in [1.29, 1.82) is 0 Å². The van der Waals surface area contributed by atoms with Crippen molar-refractivity contribution in [1.82, 2.24) is 9.97 Å². The van der Waals surface area contributed by atoms with Gasteiger partial charge < -0.3 is 14.7 Å². The number of carbonyl (C=O) groups is 1. The van der Waals surface area contributed by atoms with Gasteiger partial charge in [-0.05, 0) is 44.2 Å². The second-order valence-corrected chi connectivity index (χ2v) is 8.66. The average molecular weight is 436 g/mol. The number of nitrogens with zero attached hydrogens (tertiary/aromatic N) is 5. The van der Waals surface area contributed by atoms with Crippen molar-refractivity contribution < 1.29 is 14.4 Å². The molecule has 3 heterocycles. The van der Waals surface area contributed by atoms with Crippen LogP contribution < -0.4 is 14.7 Å². The highest BCUT2D eigenvalue weighted by Crippen LogP contribution is 2.41. The summed E-state index contributed by atoms with van der Waals surface area (Å²) in [5, 5.41) is 0. The molecule has 5 rings (SSSR count). The predicted molar refractivity (Wildman–Crippen MR) is 121 cm³/mol. The van der Waals surface area contributed by atoms with Gasteiger partial charge in [0, 0.05) is 25.3 Å². The van der Waals surface area contributed by atoms with E-state index < -0.39 is 0 Å². The Bertz CT molecular complexity index is 1040. The van der Waals surface area contributed by atoms with Crippen molar-refractivity contribution in [3.05, 3.63) is 35.5 Å². The maximum absolute atomic E-state index is 13.0. The number of hydrogen-bond donors (Lipinski definition) is 0. The van der Waals surface area contributed by atoms with Crippen LogP contribution in [0.3, 0.4) is 0 Å². The van der Waals surface area contributed by atoms with Crippen molar-refractivity contribution in [2.45, 2.75) is 64.5 Å². The molecule has 1 aliphatic carbocycles. The first-order chi connectivity index (χ1) is 15.5. The summed E-state index contributed by atoms with van der Waals surface area (Å²) in [7, 11) is 1.85. The van der Waals surface area contributed by atoms with Gasteiger partial charge in [-0.25, -0.2) is 4.98 Å². The van der Waals surface area contributed by atoms with E-state index in [1.54, 1.807) is 4.90 Å². The molecule has 2 aromatic rings. The van der Waals surface area contributed by atoms with Gasteiger partial charge in [0.1, 0.15) is 11.7 Å². The van der Waals surface area contributed by atoms with E-state index in [1.807, 2.05) is 13.2 Å². The van der Waals surface area contributed by atoms with Gasteiger partial charge in [0.25, 0.3) is 0 Å². The number of likely N-dealkylation sites (N-methyl/N-ethyl adjacent to an activating group) is 1. The Morgan fingerprint density at radius 2 is 1.88 bits per heavy atom. The molecule has 168 valence electrons. The van der Waals surface area contributed by atoms with E-state index in [2.05, 4.69) is 46.8 Å². The van der Waals surface area contributed by atoms with Crippen molar-refractivity contribution in [2.24, 2.45) is 0 Å². The first-order valence-electron chi connectivity index (χ1n) is 11.3. The Morgan fingerprint density at radius 1 is 1.16 bits per heavy atom. The highest BCUT2D eigenvalue weighted by atomic mass is 16.2. The molecule has 0 saturated heterocycles. The lowest BCUT2D eigenvalue weighted by Gasteiger charge is -2.43. The molecule has 2 aliphatic heterocycles. The lowest BCUT2D eigenvalue weighted by atomic mass is 10.0. The van der Waals surface area contributed by atoms with E-state index in [4.69, 9.17) is 14.6 Å². The topological polar surface area (TPSA) is 86.7 Å². The number of rotatable bonds is 3. The van der Waals surface area contributed by atoms with Gasteiger partial charge in [0.15, 0.2) is 5.82 Å². The van der Waals surface area contributed by atoms with Crippen LogP contribution in [0.15, 0.2) is 24.4 Å².